The Hall–Kier alpha value is -2.86. The third kappa shape index (κ3) is 4.62. The molecule has 6 nitrogen and oxygen atoms in total. The van der Waals surface area contributed by atoms with E-state index in [-0.39, 0.29) is 29.7 Å². The first kappa shape index (κ1) is 23.3. The number of rotatable bonds is 6. The van der Waals surface area contributed by atoms with Crippen LogP contribution in [-0.2, 0) is 11.2 Å². The summed E-state index contributed by atoms with van der Waals surface area (Å²) in [4.78, 5) is 44.3. The van der Waals surface area contributed by atoms with Crippen LogP contribution in [0.1, 0.15) is 53.0 Å². The summed E-state index contributed by atoms with van der Waals surface area (Å²) in [7, 11) is 1.85. The highest BCUT2D eigenvalue weighted by atomic mass is 35.5. The fourth-order valence-corrected chi connectivity index (χ4v) is 4.84. The van der Waals surface area contributed by atoms with Gasteiger partial charge in [0.05, 0.1) is 16.8 Å². The van der Waals surface area contributed by atoms with Crippen molar-refractivity contribution in [3.05, 3.63) is 64.2 Å². The Balaban J connectivity index is 1.47. The number of carbonyl (C=O) groups excluding carboxylic acids is 3. The van der Waals surface area contributed by atoms with Crippen LogP contribution in [0.15, 0.2) is 42.5 Å². The fraction of sp³-hybridized carbons (Fsp3) is 0.423. The molecular formula is C26H30ClN3O3. The minimum Gasteiger partial charge on any atom is -0.371 e. The Kier molecular flexibility index (Phi) is 6.75. The van der Waals surface area contributed by atoms with E-state index in [1.807, 2.05) is 51.2 Å². The summed E-state index contributed by atoms with van der Waals surface area (Å²) in [5.41, 5.74) is 2.72. The molecule has 1 saturated heterocycles. The number of fused-ring (bicyclic) bond motifs is 1. The van der Waals surface area contributed by atoms with Crippen LogP contribution in [0, 0.1) is 5.92 Å². The van der Waals surface area contributed by atoms with Crippen molar-refractivity contribution in [2.45, 2.75) is 39.2 Å². The van der Waals surface area contributed by atoms with E-state index in [1.54, 1.807) is 17.0 Å². The first-order valence-corrected chi connectivity index (χ1v) is 11.9. The molecule has 0 bridgehead atoms. The average molecular weight is 468 g/mol. The molecule has 2 aromatic carbocycles. The highest BCUT2D eigenvalue weighted by molar-refractivity contribution is 6.30. The van der Waals surface area contributed by atoms with Crippen molar-refractivity contribution < 1.29 is 14.4 Å². The molecule has 2 aliphatic heterocycles. The molecule has 4 rings (SSSR count). The quantitative estimate of drug-likeness (QED) is 0.595. The Morgan fingerprint density at radius 1 is 1.09 bits per heavy atom. The molecule has 3 amide bonds. The summed E-state index contributed by atoms with van der Waals surface area (Å²) in [5.74, 6) is -0.314. The SMILES string of the molecule is CC(C)N(C)C(=O)C1CCN(c2cccc3c2C(=O)N(CCc2cccc(Cl)c2)C3=O)CC1. The highest BCUT2D eigenvalue weighted by Gasteiger charge is 2.39. The van der Waals surface area contributed by atoms with Crippen LogP contribution in [-0.4, -0.2) is 60.2 Å². The number of halogens is 1. The lowest BCUT2D eigenvalue weighted by atomic mass is 9.93. The van der Waals surface area contributed by atoms with Gasteiger partial charge in [-0.05, 0) is 62.9 Å². The number of benzene rings is 2. The summed E-state index contributed by atoms with van der Waals surface area (Å²) in [6.07, 6.45) is 2.03. The summed E-state index contributed by atoms with van der Waals surface area (Å²) >= 11 is 6.06. The van der Waals surface area contributed by atoms with E-state index in [0.29, 0.717) is 42.2 Å². The molecule has 0 unspecified atom stereocenters. The van der Waals surface area contributed by atoms with Crippen LogP contribution in [0.5, 0.6) is 0 Å². The van der Waals surface area contributed by atoms with Crippen LogP contribution in [0.4, 0.5) is 5.69 Å². The number of carbonyl (C=O) groups is 3. The minimum absolute atomic E-state index is 0.00283. The zero-order valence-electron chi connectivity index (χ0n) is 19.4. The van der Waals surface area contributed by atoms with Gasteiger partial charge in [-0.25, -0.2) is 0 Å². The third-order valence-electron chi connectivity index (χ3n) is 6.80. The molecule has 1 fully saturated rings. The monoisotopic (exact) mass is 467 g/mol. The predicted molar refractivity (Wildman–Crippen MR) is 130 cm³/mol. The highest BCUT2D eigenvalue weighted by Crippen LogP contribution is 2.34. The van der Waals surface area contributed by atoms with Crippen molar-refractivity contribution >= 4 is 35.0 Å². The van der Waals surface area contributed by atoms with Gasteiger partial charge in [0, 0.05) is 43.7 Å². The molecule has 174 valence electrons. The van der Waals surface area contributed by atoms with Gasteiger partial charge in [0.1, 0.15) is 0 Å². The standard InChI is InChI=1S/C26H30ClN3O3/c1-17(2)28(3)24(31)19-11-13-29(14-12-19)22-9-5-8-21-23(22)26(33)30(25(21)32)15-10-18-6-4-7-20(27)16-18/h4-9,16-17,19H,10-15H2,1-3H3. The van der Waals surface area contributed by atoms with E-state index < -0.39 is 0 Å². The molecule has 7 heteroatoms. The second-order valence-electron chi connectivity index (χ2n) is 9.15. The maximum Gasteiger partial charge on any atom is 0.263 e. The Labute approximate surface area is 200 Å². The van der Waals surface area contributed by atoms with Crippen LogP contribution in [0.3, 0.4) is 0 Å². The fourth-order valence-electron chi connectivity index (χ4n) is 4.63. The van der Waals surface area contributed by atoms with Crippen molar-refractivity contribution in [3.8, 4) is 0 Å². The maximum atomic E-state index is 13.3. The van der Waals surface area contributed by atoms with Crippen molar-refractivity contribution in [1.82, 2.24) is 9.80 Å². The topological polar surface area (TPSA) is 60.9 Å². The summed E-state index contributed by atoms with van der Waals surface area (Å²) in [6.45, 7) is 5.71. The number of imide groups is 1. The van der Waals surface area contributed by atoms with Crippen LogP contribution >= 0.6 is 11.6 Å². The first-order valence-electron chi connectivity index (χ1n) is 11.5. The van der Waals surface area contributed by atoms with Gasteiger partial charge < -0.3 is 9.80 Å². The van der Waals surface area contributed by atoms with Crippen molar-refractivity contribution in [1.29, 1.82) is 0 Å². The second-order valence-corrected chi connectivity index (χ2v) is 9.58. The Morgan fingerprint density at radius 3 is 2.45 bits per heavy atom. The van der Waals surface area contributed by atoms with E-state index in [1.165, 1.54) is 4.90 Å². The number of piperidine rings is 1. The maximum absolute atomic E-state index is 13.3. The lowest BCUT2D eigenvalue weighted by Crippen LogP contribution is -2.43. The van der Waals surface area contributed by atoms with Gasteiger partial charge >= 0.3 is 0 Å². The third-order valence-corrected chi connectivity index (χ3v) is 7.03. The molecular weight excluding hydrogens is 438 g/mol. The van der Waals surface area contributed by atoms with Gasteiger partial charge in [-0.1, -0.05) is 29.8 Å². The van der Waals surface area contributed by atoms with Crippen molar-refractivity contribution in [3.63, 3.8) is 0 Å². The van der Waals surface area contributed by atoms with E-state index in [0.717, 1.165) is 24.1 Å². The lowest BCUT2D eigenvalue weighted by Gasteiger charge is -2.36. The molecule has 0 atom stereocenters. The van der Waals surface area contributed by atoms with Gasteiger partial charge in [0.15, 0.2) is 0 Å². The first-order chi connectivity index (χ1) is 15.8. The molecule has 0 aromatic heterocycles. The molecule has 2 heterocycles. The van der Waals surface area contributed by atoms with Gasteiger partial charge in [-0.3, -0.25) is 19.3 Å². The second kappa shape index (κ2) is 9.56. The van der Waals surface area contributed by atoms with E-state index in [9.17, 15) is 14.4 Å². The Bertz CT molecular complexity index is 1080. The summed E-state index contributed by atoms with van der Waals surface area (Å²) < 4.78 is 0. The smallest absolute Gasteiger partial charge is 0.263 e. The summed E-state index contributed by atoms with van der Waals surface area (Å²) in [5, 5.41) is 0.638. The number of hydrogen-bond acceptors (Lipinski definition) is 4. The molecule has 2 aromatic rings. The molecule has 33 heavy (non-hydrogen) atoms. The largest absolute Gasteiger partial charge is 0.371 e. The van der Waals surface area contributed by atoms with E-state index in [4.69, 9.17) is 11.6 Å². The van der Waals surface area contributed by atoms with E-state index >= 15 is 0 Å². The lowest BCUT2D eigenvalue weighted by molar-refractivity contribution is -0.136. The van der Waals surface area contributed by atoms with Crippen molar-refractivity contribution in [2.24, 2.45) is 5.92 Å². The number of amides is 3. The summed E-state index contributed by atoms with van der Waals surface area (Å²) in [6, 6.07) is 13.1. The van der Waals surface area contributed by atoms with Crippen LogP contribution in [0.25, 0.3) is 0 Å². The predicted octanol–water partition coefficient (Wildman–Crippen LogP) is 4.26. The zero-order valence-corrected chi connectivity index (χ0v) is 20.1. The molecule has 0 radical (unpaired) electrons. The van der Waals surface area contributed by atoms with Gasteiger partial charge in [-0.2, -0.15) is 0 Å². The molecule has 2 aliphatic rings. The zero-order chi connectivity index (χ0) is 23.7. The van der Waals surface area contributed by atoms with Gasteiger partial charge in [0.25, 0.3) is 11.8 Å². The van der Waals surface area contributed by atoms with Gasteiger partial charge in [-0.15, -0.1) is 0 Å². The molecule has 0 aliphatic carbocycles. The normalized spacial score (nSPS) is 16.5. The van der Waals surface area contributed by atoms with Gasteiger partial charge in [0.2, 0.25) is 5.91 Å². The number of anilines is 1. The minimum atomic E-state index is -0.248. The molecule has 0 saturated carbocycles. The molecule has 0 N–H and O–H groups in total. The molecule has 0 spiro atoms. The van der Waals surface area contributed by atoms with Crippen molar-refractivity contribution in [2.75, 3.05) is 31.6 Å². The average Bonchev–Trinajstić information content (AvgIpc) is 3.06. The number of nitrogens with zero attached hydrogens (tertiary/aromatic N) is 3. The Morgan fingerprint density at radius 2 is 1.79 bits per heavy atom. The van der Waals surface area contributed by atoms with Crippen LogP contribution < -0.4 is 4.90 Å². The van der Waals surface area contributed by atoms with E-state index in [2.05, 4.69) is 4.90 Å². The number of hydrogen-bond donors (Lipinski definition) is 0. The van der Waals surface area contributed by atoms with Crippen LogP contribution in [0.2, 0.25) is 5.02 Å².